The van der Waals surface area contributed by atoms with E-state index in [1.165, 1.54) is 0 Å². The van der Waals surface area contributed by atoms with Gasteiger partial charge in [0.15, 0.2) is 18.9 Å². The average molecular weight is 534 g/mol. The van der Waals surface area contributed by atoms with E-state index < -0.39 is 0 Å². The summed E-state index contributed by atoms with van der Waals surface area (Å²) in [6.45, 7) is 8.60. The second kappa shape index (κ2) is 17.1. The molecule has 0 unspecified atom stereocenters. The number of methoxy groups -OCH3 is 1. The van der Waals surface area contributed by atoms with Crippen LogP contribution in [0.3, 0.4) is 0 Å². The highest BCUT2D eigenvalue weighted by Crippen LogP contribution is 2.26. The van der Waals surface area contributed by atoms with Crippen LogP contribution in [0, 0.1) is 0 Å². The number of hydrogen-bond donors (Lipinski definition) is 2. The first kappa shape index (κ1) is 31.7. The quantitative estimate of drug-likeness (QED) is 0.197. The van der Waals surface area contributed by atoms with Gasteiger partial charge in [-0.1, -0.05) is 56.3 Å². The Balaban J connectivity index is 0.000000260. The van der Waals surface area contributed by atoms with Gasteiger partial charge in [0.25, 0.3) is 0 Å². The Morgan fingerprint density at radius 3 is 2.31 bits per heavy atom. The molecule has 4 rings (SSSR count). The molecule has 0 bridgehead atoms. The van der Waals surface area contributed by atoms with Crippen LogP contribution in [0.25, 0.3) is 11.1 Å². The van der Waals surface area contributed by atoms with E-state index in [-0.39, 0.29) is 12.6 Å². The van der Waals surface area contributed by atoms with Gasteiger partial charge in [0.05, 0.1) is 5.56 Å². The summed E-state index contributed by atoms with van der Waals surface area (Å²) >= 11 is 0. The molecule has 7 nitrogen and oxygen atoms in total. The fraction of sp³-hybridized carbons (Fsp3) is 0.375. The molecular weight excluding hydrogens is 490 g/mol. The number of ether oxygens (including phenoxy) is 2. The van der Waals surface area contributed by atoms with E-state index in [4.69, 9.17) is 15.2 Å². The summed E-state index contributed by atoms with van der Waals surface area (Å²) in [5, 5.41) is 3.07. The predicted octanol–water partition coefficient (Wildman–Crippen LogP) is 6.03. The molecule has 3 aromatic rings. The van der Waals surface area contributed by atoms with Crippen molar-refractivity contribution in [3.8, 4) is 16.9 Å². The largest absolute Gasteiger partial charge is 0.467 e. The monoisotopic (exact) mass is 533 g/mol. The Labute approximate surface area is 233 Å². The lowest BCUT2D eigenvalue weighted by molar-refractivity contribution is 0.0505. The van der Waals surface area contributed by atoms with E-state index in [2.05, 4.69) is 22.3 Å². The number of piperidine rings is 1. The van der Waals surface area contributed by atoms with E-state index in [1.807, 2.05) is 75.5 Å². The molecule has 1 aliphatic heterocycles. The third kappa shape index (κ3) is 9.94. The van der Waals surface area contributed by atoms with Crippen molar-refractivity contribution in [3.63, 3.8) is 0 Å². The molecule has 0 atom stereocenters. The number of nitrogens with zero attached hydrogens (tertiary/aromatic N) is 1. The van der Waals surface area contributed by atoms with Gasteiger partial charge in [0.1, 0.15) is 5.75 Å². The zero-order valence-corrected chi connectivity index (χ0v) is 23.9. The Morgan fingerprint density at radius 2 is 1.72 bits per heavy atom. The van der Waals surface area contributed by atoms with Crippen LogP contribution < -0.4 is 15.8 Å². The molecule has 210 valence electrons. The van der Waals surface area contributed by atoms with E-state index in [0.29, 0.717) is 17.4 Å². The lowest BCUT2D eigenvalue weighted by atomic mass is 10.0. The van der Waals surface area contributed by atoms with E-state index >= 15 is 0 Å². The summed E-state index contributed by atoms with van der Waals surface area (Å²) in [5.74, 6) is 0.639. The van der Waals surface area contributed by atoms with Crippen molar-refractivity contribution in [1.82, 2.24) is 4.90 Å². The molecule has 1 saturated heterocycles. The van der Waals surface area contributed by atoms with Crippen LogP contribution in [-0.4, -0.2) is 57.1 Å². The number of ketones is 1. The molecule has 0 radical (unpaired) electrons. The van der Waals surface area contributed by atoms with Gasteiger partial charge in [-0.2, -0.15) is 0 Å². The van der Waals surface area contributed by atoms with Crippen LogP contribution in [0.1, 0.15) is 59.9 Å². The molecule has 3 N–H and O–H groups in total. The maximum atomic E-state index is 11.4. The van der Waals surface area contributed by atoms with Gasteiger partial charge in [0, 0.05) is 38.0 Å². The van der Waals surface area contributed by atoms with Crippen LogP contribution in [0.2, 0.25) is 0 Å². The first-order valence-electron chi connectivity index (χ1n) is 13.5. The van der Waals surface area contributed by atoms with Crippen molar-refractivity contribution in [1.29, 1.82) is 0 Å². The molecule has 0 spiro atoms. The molecule has 1 heterocycles. The maximum absolute atomic E-state index is 11.4. The fourth-order valence-corrected chi connectivity index (χ4v) is 4.28. The molecule has 0 amide bonds. The first-order chi connectivity index (χ1) is 18.9. The maximum Gasteiger partial charge on any atom is 0.188 e. The zero-order valence-electron chi connectivity index (χ0n) is 23.9. The van der Waals surface area contributed by atoms with Gasteiger partial charge >= 0.3 is 0 Å². The van der Waals surface area contributed by atoms with Gasteiger partial charge in [0.2, 0.25) is 0 Å². The highest BCUT2D eigenvalue weighted by molar-refractivity contribution is 6.00. The molecule has 0 saturated carbocycles. The first-order valence-corrected chi connectivity index (χ1v) is 13.5. The van der Waals surface area contributed by atoms with Crippen LogP contribution in [-0.2, 0) is 11.3 Å². The van der Waals surface area contributed by atoms with Crippen LogP contribution in [0.4, 0.5) is 5.69 Å². The minimum absolute atomic E-state index is 0.0777. The van der Waals surface area contributed by atoms with Crippen molar-refractivity contribution < 1.29 is 19.1 Å². The Kier molecular flexibility index (Phi) is 13.9. The molecule has 3 aromatic carbocycles. The van der Waals surface area contributed by atoms with E-state index in [0.717, 1.165) is 66.7 Å². The van der Waals surface area contributed by atoms with Crippen molar-refractivity contribution in [2.24, 2.45) is 5.73 Å². The Bertz CT molecular complexity index is 1160. The molecule has 0 aliphatic carbocycles. The minimum Gasteiger partial charge on any atom is -0.467 e. The second-order valence-corrected chi connectivity index (χ2v) is 9.09. The smallest absolute Gasteiger partial charge is 0.188 e. The number of anilines is 1. The Morgan fingerprint density at radius 1 is 1.03 bits per heavy atom. The number of aldehydes is 1. The van der Waals surface area contributed by atoms with Crippen molar-refractivity contribution in [3.05, 3.63) is 83.4 Å². The summed E-state index contributed by atoms with van der Waals surface area (Å²) in [5.41, 5.74) is 11.4. The third-order valence-electron chi connectivity index (χ3n) is 6.35. The SMILES string of the molecule is CC.CNc1cc(-c2ccccc2)ccc1C(C)=O.COCOc1ccc(CN2CCC(N)CC2)cc1C=O. The highest BCUT2D eigenvalue weighted by Gasteiger charge is 2.16. The van der Waals surface area contributed by atoms with Gasteiger partial charge < -0.3 is 20.5 Å². The lowest BCUT2D eigenvalue weighted by Crippen LogP contribution is -2.39. The number of carbonyl (C=O) groups excluding carboxylic acids is 2. The van der Waals surface area contributed by atoms with E-state index in [1.54, 1.807) is 14.0 Å². The molecule has 7 heteroatoms. The Hall–Kier alpha value is -3.52. The fourth-order valence-electron chi connectivity index (χ4n) is 4.28. The van der Waals surface area contributed by atoms with Gasteiger partial charge in [-0.3, -0.25) is 14.5 Å². The highest BCUT2D eigenvalue weighted by atomic mass is 16.7. The number of rotatable bonds is 9. The zero-order chi connectivity index (χ0) is 28.6. The average Bonchev–Trinajstić information content (AvgIpc) is 2.99. The number of nitrogens with one attached hydrogen (secondary N) is 1. The van der Waals surface area contributed by atoms with Crippen LogP contribution in [0.5, 0.6) is 5.75 Å². The number of hydrogen-bond acceptors (Lipinski definition) is 7. The van der Waals surface area contributed by atoms with Gasteiger partial charge in [-0.05, 0) is 73.8 Å². The summed E-state index contributed by atoms with van der Waals surface area (Å²) in [7, 11) is 3.38. The molecule has 0 aromatic heterocycles. The lowest BCUT2D eigenvalue weighted by Gasteiger charge is -2.30. The number of benzene rings is 3. The molecule has 1 aliphatic rings. The summed E-state index contributed by atoms with van der Waals surface area (Å²) < 4.78 is 10.2. The van der Waals surface area contributed by atoms with Crippen molar-refractivity contribution >= 4 is 17.8 Å². The molecule has 1 fully saturated rings. The van der Waals surface area contributed by atoms with E-state index in [9.17, 15) is 9.59 Å². The van der Waals surface area contributed by atoms with Crippen LogP contribution >= 0.6 is 0 Å². The van der Waals surface area contributed by atoms with Gasteiger partial charge in [-0.15, -0.1) is 0 Å². The predicted molar refractivity (Wildman–Crippen MR) is 160 cm³/mol. The summed E-state index contributed by atoms with van der Waals surface area (Å²) in [4.78, 5) is 24.9. The number of likely N-dealkylation sites (tertiary alicyclic amines) is 1. The number of Topliss-reactive ketones (excluding diaryl/α,β-unsaturated/α-hetero) is 1. The summed E-state index contributed by atoms with van der Waals surface area (Å²) in [6, 6.07) is 22.0. The number of carbonyl (C=O) groups is 2. The third-order valence-corrected chi connectivity index (χ3v) is 6.35. The van der Waals surface area contributed by atoms with Crippen molar-refractivity contribution in [2.75, 3.05) is 39.4 Å². The van der Waals surface area contributed by atoms with Gasteiger partial charge in [-0.25, -0.2) is 0 Å². The minimum atomic E-state index is 0.0777. The van der Waals surface area contributed by atoms with Crippen LogP contribution in [0.15, 0.2) is 66.7 Å². The molecule has 39 heavy (non-hydrogen) atoms. The molecular formula is C32H43N3O4. The number of nitrogens with two attached hydrogens (primary N) is 1. The summed E-state index contributed by atoms with van der Waals surface area (Å²) in [6.07, 6.45) is 2.89. The second-order valence-electron chi connectivity index (χ2n) is 9.09. The normalized spacial score (nSPS) is 13.3. The standard InChI is InChI=1S/C15H22N2O3.C15H15NO.C2H6/c1-19-11-20-15-3-2-12(8-13(15)10-18)9-17-6-4-14(16)5-7-17;1-11(17)14-9-8-13(10-15(14)16-2)12-6-4-3-5-7-12;1-2/h2-3,8,10,14H,4-7,9,11,16H2,1H3;3-10,16H,1-2H3;1-2H3. The topological polar surface area (TPSA) is 93.9 Å². The van der Waals surface area contributed by atoms with Crippen molar-refractivity contribution in [2.45, 2.75) is 46.2 Å².